The Balaban J connectivity index is 1.77. The summed E-state index contributed by atoms with van der Waals surface area (Å²) in [4.78, 5) is 0. The van der Waals surface area contributed by atoms with Gasteiger partial charge < -0.3 is 5.32 Å². The van der Waals surface area contributed by atoms with Crippen molar-refractivity contribution in [2.75, 3.05) is 6.54 Å². The summed E-state index contributed by atoms with van der Waals surface area (Å²) >= 11 is 1.00. The van der Waals surface area contributed by atoms with Crippen LogP contribution in [0.1, 0.15) is 29.3 Å². The molecule has 0 spiro atoms. The van der Waals surface area contributed by atoms with Gasteiger partial charge in [0.2, 0.25) is 0 Å². The maximum absolute atomic E-state index is 12.1. The molecule has 0 bridgehead atoms. The smallest absolute Gasteiger partial charge is 0.291 e. The highest BCUT2D eigenvalue weighted by atomic mass is 32.1. The second-order valence-corrected chi connectivity index (χ2v) is 4.41. The molecule has 1 fully saturated rings. The largest absolute Gasteiger partial charge is 0.314 e. The summed E-state index contributed by atoms with van der Waals surface area (Å²) in [6.07, 6.45) is 0.676. The first-order valence-electron chi connectivity index (χ1n) is 4.59. The van der Waals surface area contributed by atoms with Gasteiger partial charge in [-0.05, 0) is 12.8 Å². The van der Waals surface area contributed by atoms with E-state index in [1.807, 2.05) is 0 Å². The van der Waals surface area contributed by atoms with Gasteiger partial charge in [-0.15, -0.1) is 10.2 Å². The first-order valence-corrected chi connectivity index (χ1v) is 5.41. The van der Waals surface area contributed by atoms with Crippen molar-refractivity contribution >= 4 is 11.3 Å². The summed E-state index contributed by atoms with van der Waals surface area (Å²) in [7, 11) is 0. The van der Waals surface area contributed by atoms with E-state index in [2.05, 4.69) is 15.5 Å². The first-order chi connectivity index (χ1) is 6.75. The zero-order valence-electron chi connectivity index (χ0n) is 7.54. The summed E-state index contributed by atoms with van der Waals surface area (Å²) in [5.41, 5.74) is 0. The van der Waals surface area contributed by atoms with Gasteiger partial charge in [0.05, 0.1) is 0 Å². The monoisotopic (exact) mass is 219 g/mol. The summed E-state index contributed by atoms with van der Waals surface area (Å²) in [6, 6.07) is 0.650. The lowest BCUT2D eigenvalue weighted by Gasteiger charge is -1.97. The highest BCUT2D eigenvalue weighted by molar-refractivity contribution is 7.11. The van der Waals surface area contributed by atoms with Crippen molar-refractivity contribution in [1.82, 2.24) is 15.5 Å². The number of alkyl halides is 2. The molecule has 0 atom stereocenters. The molecule has 0 unspecified atom stereocenters. The maximum Gasteiger partial charge on any atom is 0.291 e. The molecule has 1 aliphatic rings. The fourth-order valence-corrected chi connectivity index (χ4v) is 1.82. The third-order valence-electron chi connectivity index (χ3n) is 2.02. The molecule has 6 heteroatoms. The Labute approximate surface area is 84.5 Å². The van der Waals surface area contributed by atoms with E-state index in [0.29, 0.717) is 17.5 Å². The van der Waals surface area contributed by atoms with Crippen LogP contribution in [0.5, 0.6) is 0 Å². The molecule has 0 aliphatic heterocycles. The average Bonchev–Trinajstić information content (AvgIpc) is 2.82. The van der Waals surface area contributed by atoms with Crippen LogP contribution < -0.4 is 5.32 Å². The van der Waals surface area contributed by atoms with E-state index in [0.717, 1.165) is 17.9 Å². The van der Waals surface area contributed by atoms with Crippen molar-refractivity contribution in [3.8, 4) is 0 Å². The van der Waals surface area contributed by atoms with Crippen LogP contribution in [0.4, 0.5) is 8.78 Å². The lowest BCUT2D eigenvalue weighted by atomic mass is 10.4. The molecular formula is C8H11F2N3S. The van der Waals surface area contributed by atoms with Crippen LogP contribution in [0.15, 0.2) is 0 Å². The number of hydrogen-bond acceptors (Lipinski definition) is 4. The summed E-state index contributed by atoms with van der Waals surface area (Å²) in [5, 5.41) is 10.9. The predicted octanol–water partition coefficient (Wildman–Crippen LogP) is 1.77. The topological polar surface area (TPSA) is 37.8 Å². The Morgan fingerprint density at radius 2 is 2.21 bits per heavy atom. The molecule has 0 aromatic carbocycles. The van der Waals surface area contributed by atoms with Gasteiger partial charge in [-0.25, -0.2) is 8.78 Å². The van der Waals surface area contributed by atoms with Crippen LogP contribution in [0, 0.1) is 0 Å². The summed E-state index contributed by atoms with van der Waals surface area (Å²) in [6.45, 7) is 0.808. The average molecular weight is 219 g/mol. The fourth-order valence-electron chi connectivity index (χ4n) is 1.13. The second kappa shape index (κ2) is 4.27. The number of halogens is 2. The van der Waals surface area contributed by atoms with Crippen molar-refractivity contribution in [1.29, 1.82) is 0 Å². The van der Waals surface area contributed by atoms with Crippen molar-refractivity contribution in [3.63, 3.8) is 0 Å². The third-order valence-corrected chi connectivity index (χ3v) is 3.01. The minimum Gasteiger partial charge on any atom is -0.314 e. The van der Waals surface area contributed by atoms with Crippen molar-refractivity contribution in [2.24, 2.45) is 0 Å². The van der Waals surface area contributed by atoms with Crippen LogP contribution in [0.25, 0.3) is 0 Å². The molecule has 1 saturated carbocycles. The van der Waals surface area contributed by atoms with Gasteiger partial charge >= 0.3 is 0 Å². The lowest BCUT2D eigenvalue weighted by molar-refractivity contribution is 0.150. The molecule has 1 heterocycles. The van der Waals surface area contributed by atoms with Gasteiger partial charge in [0.1, 0.15) is 5.01 Å². The molecule has 0 amide bonds. The summed E-state index contributed by atoms with van der Waals surface area (Å²) in [5.74, 6) is 0. The van der Waals surface area contributed by atoms with E-state index >= 15 is 0 Å². The van der Waals surface area contributed by atoms with Gasteiger partial charge in [0, 0.05) is 19.0 Å². The van der Waals surface area contributed by atoms with Crippen LogP contribution in [-0.4, -0.2) is 22.8 Å². The highest BCUT2D eigenvalue weighted by Gasteiger charge is 2.20. The van der Waals surface area contributed by atoms with E-state index in [1.165, 1.54) is 12.8 Å². The van der Waals surface area contributed by atoms with Crippen molar-refractivity contribution in [2.45, 2.75) is 31.7 Å². The SMILES string of the molecule is FC(F)c1nnc(CCNC2CC2)s1. The standard InChI is InChI=1S/C8H11F2N3S/c9-7(10)8-13-12-6(14-8)3-4-11-5-1-2-5/h5,7,11H,1-4H2. The number of nitrogens with zero attached hydrogens (tertiary/aromatic N) is 2. The second-order valence-electron chi connectivity index (χ2n) is 3.31. The van der Waals surface area contributed by atoms with E-state index in [1.54, 1.807) is 0 Å². The zero-order chi connectivity index (χ0) is 9.97. The van der Waals surface area contributed by atoms with E-state index in [9.17, 15) is 8.78 Å². The minimum atomic E-state index is -2.49. The predicted molar refractivity (Wildman–Crippen MR) is 49.6 cm³/mol. The van der Waals surface area contributed by atoms with Crippen LogP contribution in [-0.2, 0) is 6.42 Å². The lowest BCUT2D eigenvalue weighted by Crippen LogP contribution is -2.19. The van der Waals surface area contributed by atoms with Gasteiger partial charge in [-0.2, -0.15) is 0 Å². The maximum atomic E-state index is 12.1. The Bertz CT molecular complexity index is 299. The zero-order valence-corrected chi connectivity index (χ0v) is 8.36. The molecular weight excluding hydrogens is 208 g/mol. The number of hydrogen-bond donors (Lipinski definition) is 1. The fraction of sp³-hybridized carbons (Fsp3) is 0.750. The molecule has 0 saturated heterocycles. The molecule has 78 valence electrons. The van der Waals surface area contributed by atoms with Crippen LogP contribution in [0.2, 0.25) is 0 Å². The first kappa shape index (κ1) is 9.92. The molecule has 1 aliphatic carbocycles. The van der Waals surface area contributed by atoms with Gasteiger partial charge in [-0.3, -0.25) is 0 Å². The highest BCUT2D eigenvalue weighted by Crippen LogP contribution is 2.22. The Kier molecular flexibility index (Phi) is 3.02. The van der Waals surface area contributed by atoms with Crippen LogP contribution in [0.3, 0.4) is 0 Å². The van der Waals surface area contributed by atoms with Gasteiger partial charge in [-0.1, -0.05) is 11.3 Å². The molecule has 14 heavy (non-hydrogen) atoms. The van der Waals surface area contributed by atoms with Gasteiger partial charge in [0.15, 0.2) is 5.01 Å². The molecule has 1 aromatic rings. The van der Waals surface area contributed by atoms with Crippen molar-refractivity contribution < 1.29 is 8.78 Å². The Morgan fingerprint density at radius 1 is 1.43 bits per heavy atom. The Morgan fingerprint density at radius 3 is 2.79 bits per heavy atom. The summed E-state index contributed by atoms with van der Waals surface area (Å²) < 4.78 is 24.3. The molecule has 1 N–H and O–H groups in total. The Hall–Kier alpha value is -0.620. The quantitative estimate of drug-likeness (QED) is 0.820. The number of aromatic nitrogens is 2. The van der Waals surface area contributed by atoms with Gasteiger partial charge in [0.25, 0.3) is 6.43 Å². The van der Waals surface area contributed by atoms with Crippen molar-refractivity contribution in [3.05, 3.63) is 10.0 Å². The molecule has 0 radical (unpaired) electrons. The number of rotatable bonds is 5. The molecule has 3 nitrogen and oxygen atoms in total. The van der Waals surface area contributed by atoms with E-state index < -0.39 is 6.43 Å². The van der Waals surface area contributed by atoms with E-state index in [-0.39, 0.29) is 5.01 Å². The molecule has 1 aromatic heterocycles. The normalized spacial score (nSPS) is 16.5. The number of nitrogens with one attached hydrogen (secondary N) is 1. The molecule has 2 rings (SSSR count). The minimum absolute atomic E-state index is 0.175. The van der Waals surface area contributed by atoms with Crippen LogP contribution >= 0.6 is 11.3 Å². The third kappa shape index (κ3) is 2.68. The van der Waals surface area contributed by atoms with E-state index in [4.69, 9.17) is 0 Å².